The van der Waals surface area contributed by atoms with Crippen LogP contribution in [0.4, 0.5) is 0 Å². The Morgan fingerprint density at radius 3 is 2.85 bits per heavy atom. The van der Waals surface area contributed by atoms with Gasteiger partial charge in [0.1, 0.15) is 21.9 Å². The van der Waals surface area contributed by atoms with Crippen LogP contribution in [0.25, 0.3) is 17.4 Å². The number of benzene rings is 1. The molecular formula is C18H14ClNO4S2. The summed E-state index contributed by atoms with van der Waals surface area (Å²) in [5, 5.41) is 9.88. The fourth-order valence-corrected chi connectivity index (χ4v) is 4.10. The second-order valence-electron chi connectivity index (χ2n) is 5.53. The molecule has 0 aliphatic carbocycles. The molecule has 2 aromatic rings. The van der Waals surface area contributed by atoms with E-state index in [2.05, 4.69) is 0 Å². The highest BCUT2D eigenvalue weighted by Crippen LogP contribution is 2.35. The van der Waals surface area contributed by atoms with Gasteiger partial charge in [0, 0.05) is 16.7 Å². The van der Waals surface area contributed by atoms with Crippen molar-refractivity contribution >= 4 is 57.9 Å². The lowest BCUT2D eigenvalue weighted by molar-refractivity contribution is -0.145. The minimum atomic E-state index is -1.08. The van der Waals surface area contributed by atoms with Crippen LogP contribution in [0.5, 0.6) is 0 Å². The average Bonchev–Trinajstić information content (AvgIpc) is 3.16. The van der Waals surface area contributed by atoms with Gasteiger partial charge in [0.05, 0.1) is 4.91 Å². The number of hydrogen-bond donors (Lipinski definition) is 1. The van der Waals surface area contributed by atoms with Crippen LogP contribution in [0, 0.1) is 0 Å². The lowest BCUT2D eigenvalue weighted by Gasteiger charge is -2.21. The number of hydrogen-bond acceptors (Lipinski definition) is 5. The summed E-state index contributed by atoms with van der Waals surface area (Å²) in [5.41, 5.74) is 0.821. The van der Waals surface area contributed by atoms with Crippen molar-refractivity contribution in [3.63, 3.8) is 0 Å². The number of carbonyl (C=O) groups excluding carboxylic acids is 1. The van der Waals surface area contributed by atoms with Crippen LogP contribution in [-0.2, 0) is 9.59 Å². The Balaban J connectivity index is 1.86. The third kappa shape index (κ3) is 3.70. The molecule has 1 saturated heterocycles. The molecule has 0 saturated carbocycles. The molecule has 0 unspecified atom stereocenters. The molecular weight excluding hydrogens is 394 g/mol. The zero-order chi connectivity index (χ0) is 18.8. The number of furan rings is 1. The molecule has 1 aliphatic heterocycles. The molecule has 0 radical (unpaired) electrons. The minimum absolute atomic E-state index is 0.233. The van der Waals surface area contributed by atoms with Gasteiger partial charge in [0.15, 0.2) is 0 Å². The standard InChI is InChI=1S/C18H14ClNO4S2/c1-2-13(17(22)23)20-16(21)15(26-18(20)25)9-12-6-7-14(24-12)10-4-3-5-11(19)8-10/h3-9,13H,2H2,1H3,(H,22,23)/t13-/m1/s1. The first-order valence-electron chi connectivity index (χ1n) is 7.76. The van der Waals surface area contributed by atoms with Gasteiger partial charge in [-0.1, -0.05) is 54.6 Å². The van der Waals surface area contributed by atoms with Crippen LogP contribution >= 0.6 is 35.6 Å². The summed E-state index contributed by atoms with van der Waals surface area (Å²) in [6, 6.07) is 9.79. The Labute approximate surface area is 164 Å². The summed E-state index contributed by atoms with van der Waals surface area (Å²) in [6.45, 7) is 1.70. The maximum absolute atomic E-state index is 12.6. The van der Waals surface area contributed by atoms with Crippen molar-refractivity contribution in [2.45, 2.75) is 19.4 Å². The van der Waals surface area contributed by atoms with E-state index in [-0.39, 0.29) is 10.7 Å². The molecule has 1 fully saturated rings. The summed E-state index contributed by atoms with van der Waals surface area (Å²) in [4.78, 5) is 25.4. The fourth-order valence-electron chi connectivity index (χ4n) is 2.57. The lowest BCUT2D eigenvalue weighted by Crippen LogP contribution is -2.43. The van der Waals surface area contributed by atoms with Gasteiger partial charge in [0.2, 0.25) is 0 Å². The van der Waals surface area contributed by atoms with E-state index in [0.717, 1.165) is 22.2 Å². The summed E-state index contributed by atoms with van der Waals surface area (Å²) >= 11 is 12.2. The van der Waals surface area contributed by atoms with Crippen LogP contribution in [0.15, 0.2) is 45.7 Å². The first kappa shape index (κ1) is 18.7. The number of amides is 1. The number of carboxylic acids is 1. The van der Waals surface area contributed by atoms with E-state index in [0.29, 0.717) is 21.4 Å². The van der Waals surface area contributed by atoms with Gasteiger partial charge >= 0.3 is 5.97 Å². The Morgan fingerprint density at radius 1 is 1.42 bits per heavy atom. The summed E-state index contributed by atoms with van der Waals surface area (Å²) in [5.74, 6) is -0.406. The van der Waals surface area contributed by atoms with E-state index in [1.54, 1.807) is 37.3 Å². The van der Waals surface area contributed by atoms with Crippen LogP contribution in [0.1, 0.15) is 19.1 Å². The SMILES string of the molecule is CC[C@H](C(=O)O)N1C(=O)C(=Cc2ccc(-c3cccc(Cl)c3)o2)SC1=S. The van der Waals surface area contributed by atoms with Crippen molar-refractivity contribution in [2.75, 3.05) is 0 Å². The number of nitrogens with zero attached hydrogens (tertiary/aromatic N) is 1. The molecule has 1 aromatic carbocycles. The van der Waals surface area contributed by atoms with E-state index in [4.69, 9.17) is 28.2 Å². The number of thioether (sulfide) groups is 1. The van der Waals surface area contributed by atoms with Crippen molar-refractivity contribution in [3.05, 3.63) is 52.1 Å². The van der Waals surface area contributed by atoms with E-state index in [1.165, 1.54) is 0 Å². The first-order valence-corrected chi connectivity index (χ1v) is 9.36. The molecule has 2 heterocycles. The summed E-state index contributed by atoms with van der Waals surface area (Å²) in [7, 11) is 0. The van der Waals surface area contributed by atoms with E-state index >= 15 is 0 Å². The van der Waals surface area contributed by atoms with Crippen molar-refractivity contribution in [1.29, 1.82) is 0 Å². The average molecular weight is 408 g/mol. The summed E-state index contributed by atoms with van der Waals surface area (Å²) in [6.07, 6.45) is 1.84. The predicted molar refractivity (Wildman–Crippen MR) is 106 cm³/mol. The zero-order valence-electron chi connectivity index (χ0n) is 13.6. The van der Waals surface area contributed by atoms with Crippen LogP contribution in [0.3, 0.4) is 0 Å². The van der Waals surface area contributed by atoms with Gasteiger partial charge in [-0.3, -0.25) is 9.69 Å². The zero-order valence-corrected chi connectivity index (χ0v) is 16.0. The van der Waals surface area contributed by atoms with Gasteiger partial charge in [-0.2, -0.15) is 0 Å². The van der Waals surface area contributed by atoms with Gasteiger partial charge in [0.25, 0.3) is 5.91 Å². The molecule has 1 amide bonds. The van der Waals surface area contributed by atoms with Crippen LogP contribution in [-0.4, -0.2) is 32.2 Å². The maximum atomic E-state index is 12.6. The molecule has 1 N–H and O–H groups in total. The third-order valence-electron chi connectivity index (χ3n) is 3.82. The molecule has 3 rings (SSSR count). The lowest BCUT2D eigenvalue weighted by atomic mass is 10.2. The molecule has 8 heteroatoms. The van der Waals surface area contributed by atoms with Gasteiger partial charge in [-0.15, -0.1) is 0 Å². The number of rotatable bonds is 5. The van der Waals surface area contributed by atoms with E-state index < -0.39 is 17.9 Å². The number of aliphatic carboxylic acids is 1. The van der Waals surface area contributed by atoms with Crippen molar-refractivity contribution in [3.8, 4) is 11.3 Å². The highest BCUT2D eigenvalue weighted by atomic mass is 35.5. The first-order chi connectivity index (χ1) is 12.4. The highest BCUT2D eigenvalue weighted by Gasteiger charge is 2.39. The molecule has 0 spiro atoms. The number of thiocarbonyl (C=S) groups is 1. The monoisotopic (exact) mass is 407 g/mol. The fraction of sp³-hybridized carbons (Fsp3) is 0.167. The Hall–Kier alpha value is -2.09. The summed E-state index contributed by atoms with van der Waals surface area (Å²) < 4.78 is 5.99. The molecule has 1 aromatic heterocycles. The Bertz CT molecular complexity index is 921. The second-order valence-corrected chi connectivity index (χ2v) is 7.64. The molecule has 5 nitrogen and oxygen atoms in total. The number of halogens is 1. The van der Waals surface area contributed by atoms with Gasteiger partial charge < -0.3 is 9.52 Å². The van der Waals surface area contributed by atoms with Crippen molar-refractivity contribution < 1.29 is 19.1 Å². The highest BCUT2D eigenvalue weighted by molar-refractivity contribution is 8.26. The van der Waals surface area contributed by atoms with Crippen LogP contribution in [0.2, 0.25) is 5.02 Å². The Morgan fingerprint density at radius 2 is 2.19 bits per heavy atom. The van der Waals surface area contributed by atoms with Gasteiger partial charge in [-0.05, 0) is 30.7 Å². The number of carboxylic acid groups (broad SMARTS) is 1. The van der Waals surface area contributed by atoms with Crippen LogP contribution < -0.4 is 0 Å². The Kier molecular flexibility index (Phi) is 5.50. The van der Waals surface area contributed by atoms with E-state index in [1.807, 2.05) is 12.1 Å². The molecule has 26 heavy (non-hydrogen) atoms. The topological polar surface area (TPSA) is 70.8 Å². The second kappa shape index (κ2) is 7.65. The molecule has 134 valence electrons. The largest absolute Gasteiger partial charge is 0.480 e. The smallest absolute Gasteiger partial charge is 0.326 e. The minimum Gasteiger partial charge on any atom is -0.480 e. The number of carbonyl (C=O) groups is 2. The molecule has 1 atom stereocenters. The quantitative estimate of drug-likeness (QED) is 0.574. The third-order valence-corrected chi connectivity index (χ3v) is 5.38. The predicted octanol–water partition coefficient (Wildman–Crippen LogP) is 4.66. The van der Waals surface area contributed by atoms with Crippen molar-refractivity contribution in [2.24, 2.45) is 0 Å². The van der Waals surface area contributed by atoms with Crippen molar-refractivity contribution in [1.82, 2.24) is 4.90 Å². The molecule has 0 bridgehead atoms. The normalized spacial score (nSPS) is 17.2. The molecule has 1 aliphatic rings. The van der Waals surface area contributed by atoms with Gasteiger partial charge in [-0.25, -0.2) is 4.79 Å². The maximum Gasteiger partial charge on any atom is 0.326 e. The van der Waals surface area contributed by atoms with E-state index in [9.17, 15) is 14.7 Å².